The van der Waals surface area contributed by atoms with E-state index in [-0.39, 0.29) is 12.4 Å². The normalized spacial score (nSPS) is 26.8. The van der Waals surface area contributed by atoms with Gasteiger partial charge in [-0.05, 0) is 44.7 Å². The smallest absolute Gasteiger partial charge is 0.0360 e. The highest BCUT2D eigenvalue weighted by Crippen LogP contribution is 2.30. The molecular formula is C9H17Cl2N. The van der Waals surface area contributed by atoms with Crippen molar-refractivity contribution in [3.8, 4) is 0 Å². The van der Waals surface area contributed by atoms with E-state index in [1.165, 1.54) is 45.3 Å². The minimum atomic E-state index is 0. The molecule has 0 amide bonds. The van der Waals surface area contributed by atoms with Crippen molar-refractivity contribution >= 4 is 24.0 Å². The van der Waals surface area contributed by atoms with Crippen LogP contribution in [0.2, 0.25) is 0 Å². The van der Waals surface area contributed by atoms with Crippen LogP contribution in [-0.4, -0.2) is 29.9 Å². The number of hydrogen-bond donors (Lipinski definition) is 0. The van der Waals surface area contributed by atoms with Gasteiger partial charge in [0.25, 0.3) is 0 Å². The third-order valence-electron chi connectivity index (χ3n) is 2.73. The van der Waals surface area contributed by atoms with Crippen molar-refractivity contribution in [2.75, 3.05) is 19.6 Å². The number of nitrogens with zero attached hydrogens (tertiary/aromatic N) is 1. The van der Waals surface area contributed by atoms with Gasteiger partial charge in [0.2, 0.25) is 0 Å². The summed E-state index contributed by atoms with van der Waals surface area (Å²) in [6.07, 6.45) is 5.35. The Kier molecular flexibility index (Phi) is 4.15. The van der Waals surface area contributed by atoms with Crippen LogP contribution in [0.1, 0.15) is 25.7 Å². The van der Waals surface area contributed by atoms with Crippen LogP contribution in [0.15, 0.2) is 0 Å². The van der Waals surface area contributed by atoms with Gasteiger partial charge in [-0.3, -0.25) is 0 Å². The summed E-state index contributed by atoms with van der Waals surface area (Å²) in [7, 11) is 0. The van der Waals surface area contributed by atoms with Gasteiger partial charge < -0.3 is 4.90 Å². The molecule has 1 aliphatic heterocycles. The zero-order chi connectivity index (χ0) is 7.68. The summed E-state index contributed by atoms with van der Waals surface area (Å²) in [5.74, 6) is 1.04. The summed E-state index contributed by atoms with van der Waals surface area (Å²) in [6, 6.07) is 0. The average Bonchev–Trinajstić information content (AvgIpc) is 2.78. The highest BCUT2D eigenvalue weighted by molar-refractivity contribution is 6.20. The summed E-state index contributed by atoms with van der Waals surface area (Å²) in [4.78, 5) is 2.58. The second kappa shape index (κ2) is 4.69. The lowest BCUT2D eigenvalue weighted by Crippen LogP contribution is -2.35. The maximum Gasteiger partial charge on any atom is 0.0360 e. The van der Waals surface area contributed by atoms with Gasteiger partial charge >= 0.3 is 0 Å². The third-order valence-corrected chi connectivity index (χ3v) is 3.17. The molecule has 1 nitrogen and oxygen atoms in total. The van der Waals surface area contributed by atoms with E-state index < -0.39 is 0 Å². The summed E-state index contributed by atoms with van der Waals surface area (Å²) in [6.45, 7) is 3.83. The maximum atomic E-state index is 6.01. The largest absolute Gasteiger partial charge is 0.303 e. The second-order valence-electron chi connectivity index (χ2n) is 3.92. The molecule has 0 atom stereocenters. The van der Waals surface area contributed by atoms with Crippen molar-refractivity contribution in [1.29, 1.82) is 0 Å². The molecule has 0 aromatic carbocycles. The first-order valence-electron chi connectivity index (χ1n) is 4.71. The van der Waals surface area contributed by atoms with E-state index in [2.05, 4.69) is 4.90 Å². The molecule has 2 fully saturated rings. The summed E-state index contributed by atoms with van der Waals surface area (Å²) >= 11 is 6.01. The minimum Gasteiger partial charge on any atom is -0.303 e. The molecule has 0 spiro atoms. The molecule has 1 heterocycles. The van der Waals surface area contributed by atoms with Crippen LogP contribution in [0.5, 0.6) is 0 Å². The lowest BCUT2D eigenvalue weighted by molar-refractivity contribution is 0.223. The fraction of sp³-hybridized carbons (Fsp3) is 1.00. The Morgan fingerprint density at radius 2 is 1.67 bits per heavy atom. The average molecular weight is 210 g/mol. The van der Waals surface area contributed by atoms with Crippen LogP contribution in [0.3, 0.4) is 0 Å². The quantitative estimate of drug-likeness (QED) is 0.633. The first-order chi connectivity index (χ1) is 5.34. The van der Waals surface area contributed by atoms with Crippen LogP contribution >= 0.6 is 24.0 Å². The van der Waals surface area contributed by atoms with Gasteiger partial charge in [0.1, 0.15) is 0 Å². The predicted octanol–water partition coefficient (Wildman–Crippen LogP) is 2.52. The van der Waals surface area contributed by atoms with Gasteiger partial charge in [0.15, 0.2) is 0 Å². The van der Waals surface area contributed by atoms with Crippen molar-refractivity contribution < 1.29 is 0 Å². The molecule has 0 radical (unpaired) electrons. The van der Waals surface area contributed by atoms with E-state index in [0.29, 0.717) is 5.38 Å². The molecule has 12 heavy (non-hydrogen) atoms. The van der Waals surface area contributed by atoms with Crippen LogP contribution in [0, 0.1) is 5.92 Å². The topological polar surface area (TPSA) is 3.24 Å². The molecule has 2 rings (SSSR count). The molecule has 0 bridgehead atoms. The zero-order valence-electron chi connectivity index (χ0n) is 7.34. The Balaban J connectivity index is 0.000000720. The number of halogens is 2. The van der Waals surface area contributed by atoms with E-state index in [0.717, 1.165) is 5.92 Å². The van der Waals surface area contributed by atoms with Crippen LogP contribution in [0.4, 0.5) is 0 Å². The highest BCUT2D eigenvalue weighted by Gasteiger charge is 2.26. The Bertz CT molecular complexity index is 128. The van der Waals surface area contributed by atoms with Gasteiger partial charge in [-0.1, -0.05) is 0 Å². The number of piperidine rings is 1. The van der Waals surface area contributed by atoms with Gasteiger partial charge in [0.05, 0.1) is 0 Å². The van der Waals surface area contributed by atoms with Crippen molar-refractivity contribution in [1.82, 2.24) is 4.90 Å². The fourth-order valence-electron chi connectivity index (χ4n) is 1.75. The predicted molar refractivity (Wildman–Crippen MR) is 55.3 cm³/mol. The molecule has 1 saturated carbocycles. The molecule has 1 saturated heterocycles. The molecule has 72 valence electrons. The molecule has 3 heteroatoms. The monoisotopic (exact) mass is 209 g/mol. The van der Waals surface area contributed by atoms with Crippen LogP contribution in [0.25, 0.3) is 0 Å². The SMILES string of the molecule is Cl.ClC1CCN(CC2CC2)CC1. The second-order valence-corrected chi connectivity index (χ2v) is 4.54. The van der Waals surface area contributed by atoms with Gasteiger partial charge in [-0.15, -0.1) is 24.0 Å². The van der Waals surface area contributed by atoms with Crippen molar-refractivity contribution in [2.24, 2.45) is 5.92 Å². The van der Waals surface area contributed by atoms with E-state index >= 15 is 0 Å². The lowest BCUT2D eigenvalue weighted by atomic mass is 10.1. The van der Waals surface area contributed by atoms with Crippen molar-refractivity contribution in [2.45, 2.75) is 31.1 Å². The fourth-order valence-corrected chi connectivity index (χ4v) is 1.94. The number of likely N-dealkylation sites (tertiary alicyclic amines) is 1. The lowest BCUT2D eigenvalue weighted by Gasteiger charge is -2.28. The van der Waals surface area contributed by atoms with Crippen LogP contribution in [-0.2, 0) is 0 Å². The van der Waals surface area contributed by atoms with Gasteiger partial charge in [0, 0.05) is 11.9 Å². The van der Waals surface area contributed by atoms with E-state index in [1.54, 1.807) is 0 Å². The number of rotatable bonds is 2. The van der Waals surface area contributed by atoms with E-state index in [4.69, 9.17) is 11.6 Å². The maximum absolute atomic E-state index is 6.01. The van der Waals surface area contributed by atoms with Crippen LogP contribution < -0.4 is 0 Å². The molecule has 0 N–H and O–H groups in total. The highest BCUT2D eigenvalue weighted by atomic mass is 35.5. The molecular weight excluding hydrogens is 193 g/mol. The standard InChI is InChI=1S/C9H16ClN.ClH/c10-9-3-5-11(6-4-9)7-8-1-2-8;/h8-9H,1-7H2;1H. The van der Waals surface area contributed by atoms with Crippen molar-refractivity contribution in [3.05, 3.63) is 0 Å². The first-order valence-corrected chi connectivity index (χ1v) is 5.14. The molecule has 1 aliphatic carbocycles. The third kappa shape index (κ3) is 3.12. The number of hydrogen-bond acceptors (Lipinski definition) is 1. The Hall–Kier alpha value is 0.540. The molecule has 2 aliphatic rings. The minimum absolute atomic E-state index is 0. The zero-order valence-corrected chi connectivity index (χ0v) is 8.91. The Morgan fingerprint density at radius 1 is 1.08 bits per heavy atom. The van der Waals surface area contributed by atoms with Crippen molar-refractivity contribution in [3.63, 3.8) is 0 Å². The molecule has 0 aromatic rings. The van der Waals surface area contributed by atoms with E-state index in [9.17, 15) is 0 Å². The Labute approximate surface area is 85.9 Å². The van der Waals surface area contributed by atoms with Gasteiger partial charge in [-0.25, -0.2) is 0 Å². The summed E-state index contributed by atoms with van der Waals surface area (Å²) in [5, 5.41) is 0.463. The van der Waals surface area contributed by atoms with E-state index in [1.807, 2.05) is 0 Å². The molecule has 0 unspecified atom stereocenters. The summed E-state index contributed by atoms with van der Waals surface area (Å²) in [5.41, 5.74) is 0. The Morgan fingerprint density at radius 3 is 2.17 bits per heavy atom. The number of alkyl halides is 1. The van der Waals surface area contributed by atoms with Gasteiger partial charge in [-0.2, -0.15) is 0 Å². The summed E-state index contributed by atoms with van der Waals surface area (Å²) < 4.78 is 0. The first kappa shape index (κ1) is 10.6. The molecule has 0 aromatic heterocycles.